The molecule has 0 spiro atoms. The SMILES string of the molecule is Cc1cc2nc(-c3ccc4c(c3)c(C3CCN(C5CN(C)C5)CC3)nn4C)sc2c(-c2ccc(Cl)cc2)c1C(OC(C)(C)C)C(=O)O. The number of piperidine rings is 1. The highest BCUT2D eigenvalue weighted by molar-refractivity contribution is 7.22. The Morgan fingerprint density at radius 2 is 1.72 bits per heavy atom. The molecule has 8 nitrogen and oxygen atoms in total. The first-order chi connectivity index (χ1) is 22.4. The molecule has 5 aromatic rings. The number of hydrogen-bond acceptors (Lipinski definition) is 7. The van der Waals surface area contributed by atoms with E-state index in [-0.39, 0.29) is 0 Å². The van der Waals surface area contributed by atoms with Crippen LogP contribution in [0.15, 0.2) is 48.5 Å². The van der Waals surface area contributed by atoms with E-state index in [0.29, 0.717) is 22.5 Å². The third-order valence-electron chi connectivity index (χ3n) is 9.62. The molecule has 1 atom stereocenters. The standard InChI is InChI=1S/C37H42ClN5O3S/c1-21-17-28-34(31(22-7-10-25(38)11-8-22)30(21)33(36(44)45)46-37(2,3)4)47-35(39-28)24-9-12-29-27(18-24)32(40-42(29)6)23-13-15-43(16-14-23)26-19-41(5)20-26/h7-12,17-18,23,26,33H,13-16,19-20H2,1-6H3,(H,44,45). The number of carbonyl (C=O) groups is 1. The quantitative estimate of drug-likeness (QED) is 0.188. The molecule has 3 aromatic carbocycles. The van der Waals surface area contributed by atoms with E-state index in [4.69, 9.17) is 26.4 Å². The van der Waals surface area contributed by atoms with Crippen LogP contribution in [0.25, 0.3) is 42.8 Å². The molecule has 7 rings (SSSR count). The Bertz CT molecular complexity index is 1960. The molecule has 1 unspecified atom stereocenters. The summed E-state index contributed by atoms with van der Waals surface area (Å²) < 4.78 is 9.12. The summed E-state index contributed by atoms with van der Waals surface area (Å²) in [5.74, 6) is -0.599. The molecule has 246 valence electrons. The number of halogens is 1. The minimum absolute atomic E-state index is 0.427. The number of ether oxygens (including phenoxy) is 1. The summed E-state index contributed by atoms with van der Waals surface area (Å²) in [6.45, 7) is 12.1. The third-order valence-corrected chi connectivity index (χ3v) is 11.0. The Morgan fingerprint density at radius 1 is 1.04 bits per heavy atom. The number of aryl methyl sites for hydroxylation is 2. The van der Waals surface area contributed by atoms with Gasteiger partial charge in [0, 0.05) is 59.2 Å². The summed E-state index contributed by atoms with van der Waals surface area (Å²) in [4.78, 5) is 22.9. The maximum atomic E-state index is 12.7. The number of carboxylic acid groups (broad SMARTS) is 1. The van der Waals surface area contributed by atoms with E-state index >= 15 is 0 Å². The summed E-state index contributed by atoms with van der Waals surface area (Å²) in [7, 11) is 4.23. The molecule has 10 heteroatoms. The topological polar surface area (TPSA) is 83.7 Å². The fraction of sp³-hybridized carbons (Fsp3) is 0.432. The van der Waals surface area contributed by atoms with Gasteiger partial charge in [-0.3, -0.25) is 9.58 Å². The average molecular weight is 672 g/mol. The van der Waals surface area contributed by atoms with Crippen LogP contribution in [0.4, 0.5) is 0 Å². The summed E-state index contributed by atoms with van der Waals surface area (Å²) in [5, 5.41) is 18.2. The smallest absolute Gasteiger partial charge is 0.337 e. The lowest BCUT2D eigenvalue weighted by atomic mass is 9.90. The number of aliphatic carboxylic acids is 1. The van der Waals surface area contributed by atoms with Crippen molar-refractivity contribution in [1.82, 2.24) is 24.6 Å². The molecular weight excluding hydrogens is 630 g/mol. The van der Waals surface area contributed by atoms with E-state index in [1.165, 1.54) is 24.2 Å². The molecule has 2 aliphatic rings. The Kier molecular flexibility index (Phi) is 8.42. The molecule has 1 N–H and O–H groups in total. The number of likely N-dealkylation sites (tertiary alicyclic amines) is 2. The van der Waals surface area contributed by atoms with Gasteiger partial charge in [0.2, 0.25) is 0 Å². The van der Waals surface area contributed by atoms with Crippen molar-refractivity contribution >= 4 is 50.0 Å². The minimum atomic E-state index is -1.15. The molecule has 2 aliphatic heterocycles. The second kappa shape index (κ2) is 12.3. The van der Waals surface area contributed by atoms with Gasteiger partial charge in [-0.1, -0.05) is 23.7 Å². The number of benzene rings is 3. The molecule has 0 saturated carbocycles. The van der Waals surface area contributed by atoms with Crippen molar-refractivity contribution in [3.05, 3.63) is 70.4 Å². The van der Waals surface area contributed by atoms with Gasteiger partial charge in [-0.05, 0) is 108 Å². The van der Waals surface area contributed by atoms with E-state index in [1.807, 2.05) is 69.8 Å². The van der Waals surface area contributed by atoms with Crippen molar-refractivity contribution in [2.45, 2.75) is 64.2 Å². The average Bonchev–Trinajstić information content (AvgIpc) is 3.58. The number of fused-ring (bicyclic) bond motifs is 2. The molecule has 0 amide bonds. The van der Waals surface area contributed by atoms with Crippen molar-refractivity contribution in [2.24, 2.45) is 7.05 Å². The second-order valence-electron chi connectivity index (χ2n) is 14.2. The van der Waals surface area contributed by atoms with E-state index in [9.17, 15) is 9.90 Å². The summed E-state index contributed by atoms with van der Waals surface area (Å²) >= 11 is 7.87. The summed E-state index contributed by atoms with van der Waals surface area (Å²) in [5.41, 5.74) is 6.66. The minimum Gasteiger partial charge on any atom is -0.479 e. The van der Waals surface area contributed by atoms with Gasteiger partial charge in [-0.2, -0.15) is 5.10 Å². The lowest BCUT2D eigenvalue weighted by Gasteiger charge is -2.46. The second-order valence-corrected chi connectivity index (χ2v) is 15.7. The predicted octanol–water partition coefficient (Wildman–Crippen LogP) is 7.91. The van der Waals surface area contributed by atoms with E-state index in [1.54, 1.807) is 11.3 Å². The van der Waals surface area contributed by atoms with Crippen LogP contribution in [0.5, 0.6) is 0 Å². The maximum absolute atomic E-state index is 12.7. The number of likely N-dealkylation sites (N-methyl/N-ethyl adjacent to an activating group) is 1. The van der Waals surface area contributed by atoms with Crippen LogP contribution in [0.2, 0.25) is 5.02 Å². The van der Waals surface area contributed by atoms with Crippen molar-refractivity contribution in [3.8, 4) is 21.7 Å². The predicted molar refractivity (Wildman–Crippen MR) is 191 cm³/mol. The number of nitrogens with zero attached hydrogens (tertiary/aromatic N) is 5. The van der Waals surface area contributed by atoms with Crippen LogP contribution < -0.4 is 0 Å². The number of rotatable bonds is 7. The molecule has 2 aromatic heterocycles. The van der Waals surface area contributed by atoms with Crippen LogP contribution in [-0.4, -0.2) is 80.5 Å². The van der Waals surface area contributed by atoms with Gasteiger partial charge in [0.1, 0.15) is 5.01 Å². The van der Waals surface area contributed by atoms with Crippen molar-refractivity contribution in [3.63, 3.8) is 0 Å². The molecule has 2 saturated heterocycles. The summed E-state index contributed by atoms with van der Waals surface area (Å²) in [6.07, 6.45) is 1.08. The van der Waals surface area contributed by atoms with Crippen molar-refractivity contribution in [2.75, 3.05) is 33.2 Å². The van der Waals surface area contributed by atoms with Crippen LogP contribution in [0, 0.1) is 6.92 Å². The van der Waals surface area contributed by atoms with Gasteiger partial charge >= 0.3 is 5.97 Å². The number of thiazole rings is 1. The van der Waals surface area contributed by atoms with E-state index in [0.717, 1.165) is 68.9 Å². The first-order valence-electron chi connectivity index (χ1n) is 16.4. The van der Waals surface area contributed by atoms with Gasteiger partial charge < -0.3 is 14.7 Å². The zero-order chi connectivity index (χ0) is 33.2. The molecule has 4 heterocycles. The van der Waals surface area contributed by atoms with Gasteiger partial charge in [0.05, 0.1) is 27.0 Å². The van der Waals surface area contributed by atoms with Gasteiger partial charge in [0.15, 0.2) is 6.10 Å². The Balaban J connectivity index is 1.31. The Hall–Kier alpha value is -3.34. The number of hydrogen-bond donors (Lipinski definition) is 1. The lowest BCUT2D eigenvalue weighted by molar-refractivity contribution is -0.160. The normalized spacial score (nSPS) is 17.9. The van der Waals surface area contributed by atoms with Gasteiger partial charge in [-0.15, -0.1) is 11.3 Å². The summed E-state index contributed by atoms with van der Waals surface area (Å²) in [6, 6.07) is 16.8. The first-order valence-corrected chi connectivity index (χ1v) is 17.6. The third kappa shape index (κ3) is 6.20. The zero-order valence-electron chi connectivity index (χ0n) is 27.9. The largest absolute Gasteiger partial charge is 0.479 e. The first kappa shape index (κ1) is 32.2. The Labute approximate surface area is 284 Å². The molecule has 47 heavy (non-hydrogen) atoms. The highest BCUT2D eigenvalue weighted by Gasteiger charge is 2.34. The lowest BCUT2D eigenvalue weighted by Crippen LogP contribution is -2.59. The van der Waals surface area contributed by atoms with Crippen LogP contribution in [0.3, 0.4) is 0 Å². The molecule has 2 fully saturated rings. The Morgan fingerprint density at radius 3 is 2.36 bits per heavy atom. The highest BCUT2D eigenvalue weighted by Crippen LogP contribution is 2.45. The van der Waals surface area contributed by atoms with E-state index < -0.39 is 17.7 Å². The van der Waals surface area contributed by atoms with Crippen molar-refractivity contribution in [1.29, 1.82) is 0 Å². The van der Waals surface area contributed by atoms with Crippen LogP contribution in [0.1, 0.15) is 62.5 Å². The van der Waals surface area contributed by atoms with E-state index in [2.05, 4.69) is 35.0 Å². The van der Waals surface area contributed by atoms with Crippen LogP contribution >= 0.6 is 22.9 Å². The number of aromatic nitrogens is 3. The molecule has 0 radical (unpaired) electrons. The zero-order valence-corrected chi connectivity index (χ0v) is 29.5. The van der Waals surface area contributed by atoms with Gasteiger partial charge in [0.25, 0.3) is 0 Å². The fourth-order valence-corrected chi connectivity index (χ4v) is 8.57. The molecular formula is C37H42ClN5O3S. The maximum Gasteiger partial charge on any atom is 0.337 e. The van der Waals surface area contributed by atoms with Crippen LogP contribution in [-0.2, 0) is 16.6 Å². The van der Waals surface area contributed by atoms with Crippen molar-refractivity contribution < 1.29 is 14.6 Å². The monoisotopic (exact) mass is 671 g/mol. The molecule has 0 bridgehead atoms. The highest BCUT2D eigenvalue weighted by atomic mass is 35.5. The fourth-order valence-electron chi connectivity index (χ4n) is 7.32. The van der Waals surface area contributed by atoms with Gasteiger partial charge in [-0.25, -0.2) is 9.78 Å². The molecule has 0 aliphatic carbocycles. The number of carboxylic acids is 1.